The normalized spacial score (nSPS) is 11.5. The van der Waals surface area contributed by atoms with Gasteiger partial charge in [-0.25, -0.2) is 4.98 Å². The van der Waals surface area contributed by atoms with E-state index in [1.807, 2.05) is 55.5 Å². The number of hydrogen-bond donors (Lipinski definition) is 1. The average Bonchev–Trinajstić information content (AvgIpc) is 3.06. The first-order valence-corrected chi connectivity index (χ1v) is 8.88. The molecule has 1 heterocycles. The SMILES string of the molecule is Cc1ccc(-c2nc3cc(N=Cc4cc(Br)ccc4O)ccc3o2)cc1. The summed E-state index contributed by atoms with van der Waals surface area (Å²) in [5, 5.41) is 9.89. The van der Waals surface area contributed by atoms with Crippen molar-refractivity contribution in [1.29, 1.82) is 0 Å². The van der Waals surface area contributed by atoms with Crippen molar-refractivity contribution < 1.29 is 9.52 Å². The maximum Gasteiger partial charge on any atom is 0.227 e. The first kappa shape index (κ1) is 16.5. The number of fused-ring (bicyclic) bond motifs is 1. The lowest BCUT2D eigenvalue weighted by molar-refractivity contribution is 0.474. The van der Waals surface area contributed by atoms with Gasteiger partial charge in [0.05, 0.1) is 5.69 Å². The number of nitrogens with zero attached hydrogens (tertiary/aromatic N) is 2. The fourth-order valence-electron chi connectivity index (χ4n) is 2.59. The summed E-state index contributed by atoms with van der Waals surface area (Å²) in [6.07, 6.45) is 1.63. The lowest BCUT2D eigenvalue weighted by atomic mass is 10.1. The molecule has 0 radical (unpaired) electrons. The predicted molar refractivity (Wildman–Crippen MR) is 107 cm³/mol. The minimum Gasteiger partial charge on any atom is -0.507 e. The fraction of sp³-hybridized carbons (Fsp3) is 0.0476. The van der Waals surface area contributed by atoms with Gasteiger partial charge >= 0.3 is 0 Å². The summed E-state index contributed by atoms with van der Waals surface area (Å²) in [5.74, 6) is 0.770. The molecule has 1 aromatic heterocycles. The molecule has 4 rings (SSSR count). The van der Waals surface area contributed by atoms with Crippen molar-refractivity contribution in [2.45, 2.75) is 6.92 Å². The zero-order valence-corrected chi connectivity index (χ0v) is 15.6. The zero-order chi connectivity index (χ0) is 18.1. The Bertz CT molecular complexity index is 1110. The van der Waals surface area contributed by atoms with E-state index in [0.29, 0.717) is 17.0 Å². The topological polar surface area (TPSA) is 58.6 Å². The van der Waals surface area contributed by atoms with E-state index >= 15 is 0 Å². The van der Waals surface area contributed by atoms with E-state index in [0.717, 1.165) is 21.2 Å². The van der Waals surface area contributed by atoms with E-state index in [9.17, 15) is 5.11 Å². The van der Waals surface area contributed by atoms with Gasteiger partial charge in [-0.1, -0.05) is 33.6 Å². The Morgan fingerprint density at radius 3 is 2.65 bits per heavy atom. The van der Waals surface area contributed by atoms with E-state index in [4.69, 9.17) is 4.42 Å². The monoisotopic (exact) mass is 406 g/mol. The Balaban J connectivity index is 1.66. The Morgan fingerprint density at radius 2 is 1.85 bits per heavy atom. The van der Waals surface area contributed by atoms with Gasteiger partial charge in [-0.15, -0.1) is 0 Å². The van der Waals surface area contributed by atoms with E-state index < -0.39 is 0 Å². The van der Waals surface area contributed by atoms with Gasteiger partial charge < -0.3 is 9.52 Å². The molecule has 26 heavy (non-hydrogen) atoms. The number of hydrogen-bond acceptors (Lipinski definition) is 4. The van der Waals surface area contributed by atoms with Crippen molar-refractivity contribution >= 4 is 38.9 Å². The van der Waals surface area contributed by atoms with Crippen LogP contribution < -0.4 is 0 Å². The molecular formula is C21H15BrN2O2. The van der Waals surface area contributed by atoms with Crippen molar-refractivity contribution in [3.8, 4) is 17.2 Å². The Morgan fingerprint density at radius 1 is 1.04 bits per heavy atom. The number of rotatable bonds is 3. The van der Waals surface area contributed by atoms with Crippen molar-refractivity contribution in [3.05, 3.63) is 76.3 Å². The van der Waals surface area contributed by atoms with E-state index in [1.54, 1.807) is 18.3 Å². The van der Waals surface area contributed by atoms with Gasteiger partial charge in [0.15, 0.2) is 5.58 Å². The largest absolute Gasteiger partial charge is 0.507 e. The minimum atomic E-state index is 0.182. The van der Waals surface area contributed by atoms with Crippen LogP contribution in [0.5, 0.6) is 5.75 Å². The van der Waals surface area contributed by atoms with Crippen LogP contribution in [0.25, 0.3) is 22.6 Å². The number of phenols is 1. The van der Waals surface area contributed by atoms with Crippen LogP contribution in [0.15, 0.2) is 74.5 Å². The summed E-state index contributed by atoms with van der Waals surface area (Å²) in [6.45, 7) is 2.04. The summed E-state index contributed by atoms with van der Waals surface area (Å²) >= 11 is 3.39. The zero-order valence-electron chi connectivity index (χ0n) is 14.0. The van der Waals surface area contributed by atoms with Crippen molar-refractivity contribution in [2.24, 2.45) is 4.99 Å². The second kappa shape index (κ2) is 6.77. The number of oxazole rings is 1. The highest BCUT2D eigenvalue weighted by Gasteiger charge is 2.08. The third-order valence-electron chi connectivity index (χ3n) is 4.01. The van der Waals surface area contributed by atoms with Gasteiger partial charge in [-0.2, -0.15) is 0 Å². The Labute approximate surface area is 159 Å². The molecule has 0 amide bonds. The molecule has 4 aromatic rings. The van der Waals surface area contributed by atoms with Crippen LogP contribution in [0, 0.1) is 6.92 Å². The third-order valence-corrected chi connectivity index (χ3v) is 4.51. The second-order valence-corrected chi connectivity index (χ2v) is 6.91. The van der Waals surface area contributed by atoms with Crippen LogP contribution >= 0.6 is 15.9 Å². The quantitative estimate of drug-likeness (QED) is 0.423. The van der Waals surface area contributed by atoms with Gasteiger partial charge in [0.25, 0.3) is 0 Å². The number of aromatic hydroxyl groups is 1. The molecule has 0 aliphatic rings. The summed E-state index contributed by atoms with van der Waals surface area (Å²) in [4.78, 5) is 9.00. The predicted octanol–water partition coefficient (Wildman–Crippen LogP) is 6.02. The van der Waals surface area contributed by atoms with Crippen LogP contribution in [0.4, 0.5) is 5.69 Å². The number of aromatic nitrogens is 1. The molecule has 0 aliphatic heterocycles. The number of aryl methyl sites for hydroxylation is 1. The molecule has 1 N–H and O–H groups in total. The summed E-state index contributed by atoms with van der Waals surface area (Å²) in [6, 6.07) is 18.8. The van der Waals surface area contributed by atoms with E-state index in [1.165, 1.54) is 5.56 Å². The molecule has 0 saturated heterocycles. The van der Waals surface area contributed by atoms with Crippen LogP contribution in [0.3, 0.4) is 0 Å². The molecular weight excluding hydrogens is 392 g/mol. The van der Waals surface area contributed by atoms with Gasteiger partial charge in [-0.3, -0.25) is 4.99 Å². The van der Waals surface area contributed by atoms with Crippen molar-refractivity contribution in [1.82, 2.24) is 4.98 Å². The smallest absolute Gasteiger partial charge is 0.227 e. The number of phenolic OH excluding ortho intramolecular Hbond substituents is 1. The van der Waals surface area contributed by atoms with Gasteiger partial charge in [0.2, 0.25) is 5.89 Å². The highest BCUT2D eigenvalue weighted by molar-refractivity contribution is 9.10. The third kappa shape index (κ3) is 3.39. The van der Waals surface area contributed by atoms with Gasteiger partial charge in [-0.05, 0) is 55.5 Å². The molecule has 128 valence electrons. The van der Waals surface area contributed by atoms with Crippen LogP contribution in [-0.2, 0) is 0 Å². The van der Waals surface area contributed by atoms with Crippen LogP contribution in [-0.4, -0.2) is 16.3 Å². The first-order chi connectivity index (χ1) is 12.6. The summed E-state index contributed by atoms with van der Waals surface area (Å²) in [5.41, 5.74) is 4.97. The maximum absolute atomic E-state index is 9.89. The van der Waals surface area contributed by atoms with Gasteiger partial charge in [0, 0.05) is 21.8 Å². The number of benzene rings is 3. The summed E-state index contributed by atoms with van der Waals surface area (Å²) < 4.78 is 6.72. The molecule has 0 atom stereocenters. The highest BCUT2D eigenvalue weighted by Crippen LogP contribution is 2.28. The van der Waals surface area contributed by atoms with Crippen molar-refractivity contribution in [3.63, 3.8) is 0 Å². The lowest BCUT2D eigenvalue weighted by Gasteiger charge is -1.99. The van der Waals surface area contributed by atoms with Gasteiger partial charge in [0.1, 0.15) is 11.3 Å². The Hall–Kier alpha value is -2.92. The van der Waals surface area contributed by atoms with Crippen LogP contribution in [0.2, 0.25) is 0 Å². The maximum atomic E-state index is 9.89. The number of halogens is 1. The van der Waals surface area contributed by atoms with Crippen molar-refractivity contribution in [2.75, 3.05) is 0 Å². The fourth-order valence-corrected chi connectivity index (χ4v) is 2.97. The Kier molecular flexibility index (Phi) is 4.31. The number of aliphatic imine (C=N–C) groups is 1. The molecule has 3 aromatic carbocycles. The molecule has 0 aliphatic carbocycles. The minimum absolute atomic E-state index is 0.182. The molecule has 0 saturated carbocycles. The first-order valence-electron chi connectivity index (χ1n) is 8.09. The summed E-state index contributed by atoms with van der Waals surface area (Å²) in [7, 11) is 0. The highest BCUT2D eigenvalue weighted by atomic mass is 79.9. The van der Waals surface area contributed by atoms with E-state index in [-0.39, 0.29) is 5.75 Å². The molecule has 0 fully saturated rings. The van der Waals surface area contributed by atoms with Crippen LogP contribution in [0.1, 0.15) is 11.1 Å². The molecule has 0 bridgehead atoms. The molecule has 0 unspecified atom stereocenters. The molecule has 0 spiro atoms. The van der Waals surface area contributed by atoms with E-state index in [2.05, 4.69) is 25.9 Å². The second-order valence-electron chi connectivity index (χ2n) is 6.00. The molecule has 4 nitrogen and oxygen atoms in total. The lowest BCUT2D eigenvalue weighted by Crippen LogP contribution is -1.82. The average molecular weight is 407 g/mol. The standard InChI is InChI=1S/C21H15BrN2O2/c1-13-2-4-14(5-3-13)21-24-18-11-17(7-9-20(18)26-21)23-12-15-10-16(22)6-8-19(15)25/h2-12,25H,1H3. The molecule has 5 heteroatoms.